The highest BCUT2D eigenvalue weighted by Crippen LogP contribution is 2.23. The van der Waals surface area contributed by atoms with Gasteiger partial charge in [-0.15, -0.1) is 0 Å². The number of piperidine rings is 1. The summed E-state index contributed by atoms with van der Waals surface area (Å²) in [5, 5.41) is 9.50. The fourth-order valence-corrected chi connectivity index (χ4v) is 3.90. The maximum absolute atomic E-state index is 13.0. The number of likely N-dealkylation sites (tertiary alicyclic amines) is 1. The number of esters is 1. The van der Waals surface area contributed by atoms with Crippen LogP contribution in [0.1, 0.15) is 36.5 Å². The molecule has 1 aliphatic rings. The highest BCUT2D eigenvalue weighted by Gasteiger charge is 2.32. The zero-order valence-electron chi connectivity index (χ0n) is 18.4. The summed E-state index contributed by atoms with van der Waals surface area (Å²) in [6.45, 7) is 2.62. The Morgan fingerprint density at radius 3 is 2.36 bits per heavy atom. The van der Waals surface area contributed by atoms with E-state index >= 15 is 0 Å². The van der Waals surface area contributed by atoms with Crippen molar-refractivity contribution in [1.82, 2.24) is 4.90 Å². The molecule has 0 aromatic heterocycles. The van der Waals surface area contributed by atoms with Crippen LogP contribution in [0.25, 0.3) is 0 Å². The third-order valence-corrected chi connectivity index (χ3v) is 5.88. The van der Waals surface area contributed by atoms with Gasteiger partial charge in [-0.2, -0.15) is 5.26 Å². The molecule has 7 nitrogen and oxygen atoms in total. The van der Waals surface area contributed by atoms with Crippen molar-refractivity contribution in [2.24, 2.45) is 5.92 Å². The fourth-order valence-electron chi connectivity index (χ4n) is 3.77. The summed E-state index contributed by atoms with van der Waals surface area (Å²) in [6.07, 6.45) is 0.123. The molecule has 1 fully saturated rings. The van der Waals surface area contributed by atoms with Gasteiger partial charge in [-0.05, 0) is 56.2 Å². The molecule has 2 aromatic rings. The van der Waals surface area contributed by atoms with E-state index in [1.54, 1.807) is 60.4 Å². The van der Waals surface area contributed by atoms with Gasteiger partial charge in [-0.1, -0.05) is 29.8 Å². The quantitative estimate of drug-likeness (QED) is 0.572. The molecule has 0 aliphatic carbocycles. The van der Waals surface area contributed by atoms with Crippen molar-refractivity contribution >= 4 is 35.1 Å². The summed E-state index contributed by atoms with van der Waals surface area (Å²) in [4.78, 5) is 41.5. The van der Waals surface area contributed by atoms with E-state index in [4.69, 9.17) is 21.6 Å². The maximum Gasteiger partial charge on any atom is 0.309 e. The van der Waals surface area contributed by atoms with Crippen LogP contribution >= 0.6 is 11.6 Å². The van der Waals surface area contributed by atoms with Crippen LogP contribution in [0.2, 0.25) is 5.02 Å². The van der Waals surface area contributed by atoms with Crippen LogP contribution in [0.5, 0.6) is 0 Å². The first kappa shape index (κ1) is 24.3. The topological polar surface area (TPSA) is 90.7 Å². The number of hydrogen-bond acceptors (Lipinski definition) is 5. The van der Waals surface area contributed by atoms with E-state index < -0.39 is 12.1 Å². The maximum atomic E-state index is 13.0. The number of ether oxygens (including phenoxy) is 1. The minimum absolute atomic E-state index is 0.0991. The molecule has 0 N–H and O–H groups in total. The molecular formula is C25H26ClN3O4. The fraction of sp³-hybridized carbons (Fsp3) is 0.360. The lowest BCUT2D eigenvalue weighted by atomic mass is 9.96. The van der Waals surface area contributed by atoms with Gasteiger partial charge in [0.2, 0.25) is 0 Å². The number of carbonyl (C=O) groups is 3. The number of rotatable bonds is 7. The second-order valence-electron chi connectivity index (χ2n) is 7.89. The van der Waals surface area contributed by atoms with Crippen molar-refractivity contribution in [3.05, 3.63) is 65.2 Å². The van der Waals surface area contributed by atoms with Crippen LogP contribution < -0.4 is 4.90 Å². The van der Waals surface area contributed by atoms with Gasteiger partial charge in [0.25, 0.3) is 11.8 Å². The average molecular weight is 468 g/mol. The predicted octanol–water partition coefficient (Wildman–Crippen LogP) is 4.07. The van der Waals surface area contributed by atoms with E-state index in [2.05, 4.69) is 0 Å². The highest BCUT2D eigenvalue weighted by atomic mass is 35.5. The van der Waals surface area contributed by atoms with Gasteiger partial charge in [0.05, 0.1) is 18.4 Å². The van der Waals surface area contributed by atoms with E-state index in [1.165, 1.54) is 4.90 Å². The van der Waals surface area contributed by atoms with Crippen LogP contribution in [-0.2, 0) is 14.3 Å². The average Bonchev–Trinajstić information content (AvgIpc) is 2.85. The van der Waals surface area contributed by atoms with Gasteiger partial charge in [0.1, 0.15) is 0 Å². The Kier molecular flexibility index (Phi) is 8.45. The summed E-state index contributed by atoms with van der Waals surface area (Å²) >= 11 is 5.88. The number of nitrogens with zero attached hydrogens (tertiary/aromatic N) is 3. The first-order valence-electron chi connectivity index (χ1n) is 10.9. The van der Waals surface area contributed by atoms with Gasteiger partial charge in [-0.3, -0.25) is 14.4 Å². The molecule has 3 rings (SSSR count). The lowest BCUT2D eigenvalue weighted by Crippen LogP contribution is -2.44. The lowest BCUT2D eigenvalue weighted by Gasteiger charge is -2.32. The second kappa shape index (κ2) is 11.5. The summed E-state index contributed by atoms with van der Waals surface area (Å²) in [5.74, 6) is -1.29. The van der Waals surface area contributed by atoms with Crippen molar-refractivity contribution in [2.45, 2.75) is 32.3 Å². The Hall–Kier alpha value is -3.37. The standard InChI is InChI=1S/C25H26ClN3O4/c1-18(23(30)29(15-5-14-27)22-6-3-2-4-7-22)33-25(32)20-12-16-28(17-13-20)24(31)19-8-10-21(26)11-9-19/h2-4,6-11,18,20H,5,12-13,15-17H2,1H3/t18-/m1/s1. The summed E-state index contributed by atoms with van der Waals surface area (Å²) in [6, 6.07) is 17.7. The molecule has 1 aliphatic heterocycles. The van der Waals surface area contributed by atoms with E-state index in [0.29, 0.717) is 42.2 Å². The van der Waals surface area contributed by atoms with E-state index in [-0.39, 0.29) is 30.7 Å². The molecule has 2 amide bonds. The van der Waals surface area contributed by atoms with Crippen molar-refractivity contribution in [3.63, 3.8) is 0 Å². The smallest absolute Gasteiger partial charge is 0.309 e. The normalized spacial score (nSPS) is 14.8. The number of halogens is 1. The summed E-state index contributed by atoms with van der Waals surface area (Å²) < 4.78 is 5.50. The molecule has 2 aromatic carbocycles. The Balaban J connectivity index is 1.55. The van der Waals surface area contributed by atoms with Crippen LogP contribution in [0, 0.1) is 17.2 Å². The molecule has 0 bridgehead atoms. The number of amides is 2. The first-order valence-corrected chi connectivity index (χ1v) is 11.3. The van der Waals surface area contributed by atoms with Crippen molar-refractivity contribution in [2.75, 3.05) is 24.5 Å². The molecule has 0 spiro atoms. The molecule has 0 unspecified atom stereocenters. The monoisotopic (exact) mass is 467 g/mol. The molecule has 1 heterocycles. The number of hydrogen-bond donors (Lipinski definition) is 0. The Morgan fingerprint density at radius 1 is 1.12 bits per heavy atom. The van der Waals surface area contributed by atoms with Gasteiger partial charge in [0.15, 0.2) is 6.10 Å². The van der Waals surface area contributed by atoms with E-state index in [1.807, 2.05) is 12.1 Å². The summed E-state index contributed by atoms with van der Waals surface area (Å²) in [5.41, 5.74) is 1.20. The minimum Gasteiger partial charge on any atom is -0.452 e. The van der Waals surface area contributed by atoms with Gasteiger partial charge in [-0.25, -0.2) is 0 Å². The molecule has 1 atom stereocenters. The van der Waals surface area contributed by atoms with Gasteiger partial charge < -0.3 is 14.5 Å². The molecule has 172 valence electrons. The molecule has 0 saturated carbocycles. The minimum atomic E-state index is -0.981. The van der Waals surface area contributed by atoms with Crippen LogP contribution in [0.3, 0.4) is 0 Å². The number of anilines is 1. The molecule has 0 radical (unpaired) electrons. The Bertz CT molecular complexity index is 1010. The number of para-hydroxylation sites is 1. The van der Waals surface area contributed by atoms with Crippen molar-refractivity contribution in [1.29, 1.82) is 5.26 Å². The first-order chi connectivity index (χ1) is 15.9. The third-order valence-electron chi connectivity index (χ3n) is 5.63. The SMILES string of the molecule is C[C@@H](OC(=O)C1CCN(C(=O)c2ccc(Cl)cc2)CC1)C(=O)N(CCC#N)c1ccccc1. The largest absolute Gasteiger partial charge is 0.452 e. The number of carbonyl (C=O) groups excluding carboxylic acids is 3. The van der Waals surface area contributed by atoms with Crippen LogP contribution in [0.15, 0.2) is 54.6 Å². The van der Waals surface area contributed by atoms with Gasteiger partial charge >= 0.3 is 5.97 Å². The van der Waals surface area contributed by atoms with Gasteiger partial charge in [0, 0.05) is 35.9 Å². The molecule has 33 heavy (non-hydrogen) atoms. The Morgan fingerprint density at radius 2 is 1.76 bits per heavy atom. The molecule has 1 saturated heterocycles. The van der Waals surface area contributed by atoms with Crippen LogP contribution in [0.4, 0.5) is 5.69 Å². The summed E-state index contributed by atoms with van der Waals surface area (Å²) in [7, 11) is 0. The second-order valence-corrected chi connectivity index (χ2v) is 8.32. The van der Waals surface area contributed by atoms with Crippen molar-refractivity contribution in [3.8, 4) is 6.07 Å². The molecular weight excluding hydrogens is 442 g/mol. The van der Waals surface area contributed by atoms with Crippen LogP contribution in [-0.4, -0.2) is 48.4 Å². The zero-order chi connectivity index (χ0) is 23.8. The number of nitriles is 1. The molecule has 8 heteroatoms. The van der Waals surface area contributed by atoms with E-state index in [0.717, 1.165) is 0 Å². The highest BCUT2D eigenvalue weighted by molar-refractivity contribution is 6.30. The van der Waals surface area contributed by atoms with Crippen molar-refractivity contribution < 1.29 is 19.1 Å². The zero-order valence-corrected chi connectivity index (χ0v) is 19.2. The lowest BCUT2D eigenvalue weighted by molar-refractivity contribution is -0.159. The Labute approximate surface area is 198 Å². The third kappa shape index (κ3) is 6.33. The predicted molar refractivity (Wildman–Crippen MR) is 125 cm³/mol. The van der Waals surface area contributed by atoms with E-state index in [9.17, 15) is 14.4 Å². The number of benzene rings is 2.